The summed E-state index contributed by atoms with van der Waals surface area (Å²) in [6.07, 6.45) is 0. The van der Waals surface area contributed by atoms with Crippen LogP contribution in [-0.2, 0) is 0 Å². The quantitative estimate of drug-likeness (QED) is 0.214. The molecule has 0 N–H and O–H groups in total. The Morgan fingerprint density at radius 1 is 0.308 bits per heavy atom. The highest BCUT2D eigenvalue weighted by atomic mass is 15.1. The average molecular weight is 498 g/mol. The van der Waals surface area contributed by atoms with Crippen LogP contribution in [0.25, 0.3) is 43.8 Å². The molecule has 0 fully saturated rings. The van der Waals surface area contributed by atoms with Crippen LogP contribution in [0.3, 0.4) is 0 Å². The number of hydrogen-bond acceptors (Lipinski definition) is 1. The molecule has 0 aliphatic carbocycles. The van der Waals surface area contributed by atoms with Gasteiger partial charge in [-0.05, 0) is 74.8 Å². The van der Waals surface area contributed by atoms with Crippen LogP contribution in [0.15, 0.2) is 164 Å². The largest absolute Gasteiger partial charge is 0.310 e. The molecule has 0 amide bonds. The average Bonchev–Trinajstić information content (AvgIpc) is 3.03. The second-order valence-corrected chi connectivity index (χ2v) is 9.83. The van der Waals surface area contributed by atoms with Gasteiger partial charge in [-0.3, -0.25) is 0 Å². The molecule has 184 valence electrons. The van der Waals surface area contributed by atoms with Crippen molar-refractivity contribution in [1.29, 1.82) is 0 Å². The summed E-state index contributed by atoms with van der Waals surface area (Å²) in [5.74, 6) is 0. The van der Waals surface area contributed by atoms with E-state index in [1.807, 2.05) is 0 Å². The lowest BCUT2D eigenvalue weighted by atomic mass is 9.98. The SMILES string of the molecule is c1ccc(-c2cccc(-c3ccc(N(c4ccccc4)c4cc5ccccc5c5ccccc45)cc3)c2)cc1. The van der Waals surface area contributed by atoms with Crippen molar-refractivity contribution in [3.8, 4) is 22.3 Å². The molecule has 0 aliphatic heterocycles. The molecule has 0 radical (unpaired) electrons. The second kappa shape index (κ2) is 9.96. The zero-order valence-corrected chi connectivity index (χ0v) is 21.5. The van der Waals surface area contributed by atoms with E-state index in [-0.39, 0.29) is 0 Å². The Morgan fingerprint density at radius 3 is 1.54 bits per heavy atom. The number of benzene rings is 7. The number of anilines is 3. The molecule has 7 rings (SSSR count). The van der Waals surface area contributed by atoms with E-state index < -0.39 is 0 Å². The maximum atomic E-state index is 2.37. The van der Waals surface area contributed by atoms with Crippen LogP contribution in [0.4, 0.5) is 17.1 Å². The van der Waals surface area contributed by atoms with E-state index in [1.54, 1.807) is 0 Å². The van der Waals surface area contributed by atoms with Gasteiger partial charge in [0.2, 0.25) is 0 Å². The van der Waals surface area contributed by atoms with Gasteiger partial charge in [0, 0.05) is 16.8 Å². The van der Waals surface area contributed by atoms with Crippen LogP contribution >= 0.6 is 0 Å². The minimum Gasteiger partial charge on any atom is -0.310 e. The molecule has 0 spiro atoms. The first-order chi connectivity index (χ1) is 19.3. The molecular weight excluding hydrogens is 470 g/mol. The van der Waals surface area contributed by atoms with E-state index >= 15 is 0 Å². The molecule has 0 saturated carbocycles. The van der Waals surface area contributed by atoms with Gasteiger partial charge >= 0.3 is 0 Å². The summed E-state index contributed by atoms with van der Waals surface area (Å²) < 4.78 is 0. The van der Waals surface area contributed by atoms with Gasteiger partial charge in [-0.1, -0.05) is 127 Å². The molecule has 1 nitrogen and oxygen atoms in total. The van der Waals surface area contributed by atoms with E-state index in [9.17, 15) is 0 Å². The van der Waals surface area contributed by atoms with Crippen molar-refractivity contribution in [3.63, 3.8) is 0 Å². The second-order valence-electron chi connectivity index (χ2n) is 9.83. The van der Waals surface area contributed by atoms with Crippen molar-refractivity contribution >= 4 is 38.6 Å². The van der Waals surface area contributed by atoms with Crippen molar-refractivity contribution < 1.29 is 0 Å². The highest BCUT2D eigenvalue weighted by Gasteiger charge is 2.17. The number of rotatable bonds is 5. The van der Waals surface area contributed by atoms with Gasteiger partial charge in [0.05, 0.1) is 5.69 Å². The minimum atomic E-state index is 1.13. The van der Waals surface area contributed by atoms with Crippen LogP contribution in [0.2, 0.25) is 0 Å². The Balaban J connectivity index is 1.36. The number of hydrogen-bond donors (Lipinski definition) is 0. The summed E-state index contributed by atoms with van der Waals surface area (Å²) in [6.45, 7) is 0. The first kappa shape index (κ1) is 23.0. The fraction of sp³-hybridized carbons (Fsp3) is 0. The molecule has 0 bridgehead atoms. The van der Waals surface area contributed by atoms with Gasteiger partial charge < -0.3 is 4.90 Å². The van der Waals surface area contributed by atoms with Crippen LogP contribution < -0.4 is 4.90 Å². The first-order valence-corrected chi connectivity index (χ1v) is 13.4. The van der Waals surface area contributed by atoms with E-state index in [0.29, 0.717) is 0 Å². The fourth-order valence-corrected chi connectivity index (χ4v) is 5.54. The molecule has 0 unspecified atom stereocenters. The van der Waals surface area contributed by atoms with Crippen LogP contribution in [0.5, 0.6) is 0 Å². The van der Waals surface area contributed by atoms with Gasteiger partial charge in [-0.15, -0.1) is 0 Å². The van der Waals surface area contributed by atoms with Crippen LogP contribution in [-0.4, -0.2) is 0 Å². The summed E-state index contributed by atoms with van der Waals surface area (Å²) in [5, 5.41) is 5.01. The van der Waals surface area contributed by atoms with Gasteiger partial charge in [0.1, 0.15) is 0 Å². The third-order valence-electron chi connectivity index (χ3n) is 7.43. The Labute approximate surface area is 229 Å². The molecule has 7 aromatic carbocycles. The third-order valence-corrected chi connectivity index (χ3v) is 7.43. The fourth-order valence-electron chi connectivity index (χ4n) is 5.54. The molecule has 0 atom stereocenters. The lowest BCUT2D eigenvalue weighted by Crippen LogP contribution is -2.10. The van der Waals surface area contributed by atoms with Gasteiger partial charge in [0.15, 0.2) is 0 Å². The lowest BCUT2D eigenvalue weighted by Gasteiger charge is -2.27. The standard InChI is InChI=1S/C38H27N/c1-3-12-28(13-4-1)30-15-11-16-31(26-30)29-22-24-34(25-23-29)39(33-17-5-2-6-18-33)38-27-32-14-7-8-19-35(32)36-20-9-10-21-37(36)38/h1-27H. The number of fused-ring (bicyclic) bond motifs is 3. The van der Waals surface area contributed by atoms with E-state index in [1.165, 1.54) is 49.5 Å². The van der Waals surface area contributed by atoms with Crippen molar-refractivity contribution in [3.05, 3.63) is 164 Å². The predicted molar refractivity (Wildman–Crippen MR) is 167 cm³/mol. The highest BCUT2D eigenvalue weighted by molar-refractivity contribution is 6.14. The van der Waals surface area contributed by atoms with Gasteiger partial charge in [0.25, 0.3) is 0 Å². The van der Waals surface area contributed by atoms with Crippen LogP contribution in [0.1, 0.15) is 0 Å². The van der Waals surface area contributed by atoms with Gasteiger partial charge in [-0.2, -0.15) is 0 Å². The summed E-state index contributed by atoms with van der Waals surface area (Å²) >= 11 is 0. The van der Waals surface area contributed by atoms with E-state index in [2.05, 4.69) is 169 Å². The van der Waals surface area contributed by atoms with E-state index in [4.69, 9.17) is 0 Å². The van der Waals surface area contributed by atoms with Crippen molar-refractivity contribution in [2.75, 3.05) is 4.90 Å². The Bertz CT molecular complexity index is 1890. The molecule has 0 aliphatic rings. The number of nitrogens with zero attached hydrogens (tertiary/aromatic N) is 1. The predicted octanol–water partition coefficient (Wildman–Crippen LogP) is 10.8. The Morgan fingerprint density at radius 2 is 0.821 bits per heavy atom. The topological polar surface area (TPSA) is 3.24 Å². The maximum Gasteiger partial charge on any atom is 0.0546 e. The summed E-state index contributed by atoms with van der Waals surface area (Å²) in [4.78, 5) is 2.37. The normalized spacial score (nSPS) is 11.1. The van der Waals surface area contributed by atoms with Gasteiger partial charge in [-0.25, -0.2) is 0 Å². The summed E-state index contributed by atoms with van der Waals surface area (Å²) in [6, 6.07) is 58.6. The molecular formula is C38H27N. The smallest absolute Gasteiger partial charge is 0.0546 e. The highest BCUT2D eigenvalue weighted by Crippen LogP contribution is 2.42. The number of para-hydroxylation sites is 1. The molecule has 7 aromatic rings. The molecule has 39 heavy (non-hydrogen) atoms. The molecule has 0 heterocycles. The molecule has 1 heteroatoms. The zero-order chi connectivity index (χ0) is 26.0. The minimum absolute atomic E-state index is 1.13. The lowest BCUT2D eigenvalue weighted by molar-refractivity contribution is 1.30. The van der Waals surface area contributed by atoms with E-state index in [0.717, 1.165) is 11.4 Å². The third kappa shape index (κ3) is 4.35. The molecule has 0 saturated heterocycles. The summed E-state index contributed by atoms with van der Waals surface area (Å²) in [7, 11) is 0. The maximum absolute atomic E-state index is 2.37. The molecule has 0 aromatic heterocycles. The first-order valence-electron chi connectivity index (χ1n) is 13.4. The van der Waals surface area contributed by atoms with Crippen molar-refractivity contribution in [2.45, 2.75) is 0 Å². The Kier molecular flexibility index (Phi) is 5.88. The summed E-state index contributed by atoms with van der Waals surface area (Å²) in [5.41, 5.74) is 8.31. The van der Waals surface area contributed by atoms with Crippen LogP contribution in [0, 0.1) is 0 Å². The Hall–Kier alpha value is -5.14. The van der Waals surface area contributed by atoms with Crippen molar-refractivity contribution in [2.24, 2.45) is 0 Å². The monoisotopic (exact) mass is 497 g/mol. The van der Waals surface area contributed by atoms with Crippen molar-refractivity contribution in [1.82, 2.24) is 0 Å². The zero-order valence-electron chi connectivity index (χ0n) is 21.5.